The topological polar surface area (TPSA) is 68.0 Å². The van der Waals surface area contributed by atoms with Crippen molar-refractivity contribution in [2.24, 2.45) is 7.05 Å². The molecule has 0 radical (unpaired) electrons. The lowest BCUT2D eigenvalue weighted by molar-refractivity contribution is 0.0619. The fourth-order valence-corrected chi connectivity index (χ4v) is 4.41. The molecule has 1 aromatic carbocycles. The number of benzene rings is 1. The van der Waals surface area contributed by atoms with Crippen LogP contribution in [0.15, 0.2) is 42.7 Å². The molecule has 0 saturated carbocycles. The lowest BCUT2D eigenvalue weighted by Crippen LogP contribution is -2.52. The van der Waals surface area contributed by atoms with Crippen LogP contribution in [-0.4, -0.2) is 43.2 Å². The van der Waals surface area contributed by atoms with Crippen LogP contribution in [0.5, 0.6) is 0 Å². The minimum absolute atomic E-state index is 0.0128. The Labute approximate surface area is 164 Å². The van der Waals surface area contributed by atoms with E-state index in [9.17, 15) is 4.79 Å². The summed E-state index contributed by atoms with van der Waals surface area (Å²) < 4.78 is 3.95. The van der Waals surface area contributed by atoms with Gasteiger partial charge in [-0.15, -0.1) is 0 Å². The van der Waals surface area contributed by atoms with Crippen molar-refractivity contribution in [1.82, 2.24) is 29.5 Å². The zero-order chi connectivity index (χ0) is 19.3. The molecule has 7 nitrogen and oxygen atoms in total. The van der Waals surface area contributed by atoms with Crippen LogP contribution >= 0.6 is 0 Å². The van der Waals surface area contributed by atoms with Gasteiger partial charge in [-0.25, -0.2) is 4.98 Å². The number of imidazole rings is 1. The molecule has 1 saturated heterocycles. The predicted molar refractivity (Wildman–Crippen MR) is 105 cm³/mol. The van der Waals surface area contributed by atoms with E-state index in [2.05, 4.69) is 39.2 Å². The number of carbonyl (C=O) groups excluding carboxylic acids is 1. The monoisotopic (exact) mass is 376 g/mol. The molecule has 7 heteroatoms. The summed E-state index contributed by atoms with van der Waals surface area (Å²) in [6.45, 7) is 4.13. The number of hydrogen-bond donors (Lipinski definition) is 1. The number of amides is 1. The van der Waals surface area contributed by atoms with Crippen LogP contribution in [0.4, 0.5) is 0 Å². The lowest BCUT2D eigenvalue weighted by Gasteiger charge is -2.41. The number of nitrogens with zero attached hydrogens (tertiary/aromatic N) is 5. The first-order valence-corrected chi connectivity index (χ1v) is 9.74. The van der Waals surface area contributed by atoms with E-state index in [1.165, 1.54) is 11.3 Å². The first kappa shape index (κ1) is 17.2. The van der Waals surface area contributed by atoms with Gasteiger partial charge < -0.3 is 14.8 Å². The molecule has 28 heavy (non-hydrogen) atoms. The third kappa shape index (κ3) is 2.57. The maximum absolute atomic E-state index is 12.9. The van der Waals surface area contributed by atoms with Gasteiger partial charge in [0.15, 0.2) is 5.69 Å². The molecule has 1 spiro atoms. The summed E-state index contributed by atoms with van der Waals surface area (Å²) in [4.78, 5) is 19.5. The first-order valence-electron chi connectivity index (χ1n) is 9.74. The van der Waals surface area contributed by atoms with Crippen molar-refractivity contribution >= 4 is 5.91 Å². The number of nitrogens with one attached hydrogen (secondary N) is 1. The molecule has 1 N–H and O–H groups in total. The fourth-order valence-electron chi connectivity index (χ4n) is 4.41. The van der Waals surface area contributed by atoms with E-state index in [1.807, 2.05) is 37.3 Å². The van der Waals surface area contributed by atoms with Gasteiger partial charge in [-0.05, 0) is 37.5 Å². The summed E-state index contributed by atoms with van der Waals surface area (Å²) in [6.07, 6.45) is 5.57. The maximum Gasteiger partial charge on any atom is 0.274 e. The van der Waals surface area contributed by atoms with Gasteiger partial charge >= 0.3 is 0 Å². The second-order valence-electron chi connectivity index (χ2n) is 7.77. The average Bonchev–Trinajstić information content (AvgIpc) is 3.31. The Morgan fingerprint density at radius 2 is 2.00 bits per heavy atom. The van der Waals surface area contributed by atoms with Crippen molar-refractivity contribution < 1.29 is 4.79 Å². The van der Waals surface area contributed by atoms with Crippen LogP contribution in [0.1, 0.15) is 40.4 Å². The fraction of sp³-hybridized carbons (Fsp3) is 0.381. The average molecular weight is 376 g/mol. The van der Waals surface area contributed by atoms with E-state index in [0.717, 1.165) is 30.9 Å². The molecule has 0 bridgehead atoms. The quantitative estimate of drug-likeness (QED) is 0.707. The van der Waals surface area contributed by atoms with Crippen molar-refractivity contribution in [2.75, 3.05) is 13.1 Å². The molecule has 1 amide bonds. The molecular weight excluding hydrogens is 352 g/mol. The third-order valence-corrected chi connectivity index (χ3v) is 6.17. The van der Waals surface area contributed by atoms with E-state index < -0.39 is 0 Å². The van der Waals surface area contributed by atoms with Crippen LogP contribution in [0.2, 0.25) is 0 Å². The second kappa shape index (κ2) is 6.31. The Bertz CT molecular complexity index is 1020. The Morgan fingerprint density at radius 3 is 2.75 bits per heavy atom. The van der Waals surface area contributed by atoms with E-state index >= 15 is 0 Å². The van der Waals surface area contributed by atoms with E-state index in [0.29, 0.717) is 18.8 Å². The van der Waals surface area contributed by atoms with Gasteiger partial charge in [-0.1, -0.05) is 18.2 Å². The van der Waals surface area contributed by atoms with Gasteiger partial charge in [0.25, 0.3) is 5.91 Å². The molecule has 0 atom stereocenters. The van der Waals surface area contributed by atoms with Crippen LogP contribution in [0, 0.1) is 6.92 Å². The molecule has 2 aromatic heterocycles. The van der Waals surface area contributed by atoms with E-state index in [-0.39, 0.29) is 11.4 Å². The minimum Gasteiger partial charge on any atom is -0.337 e. The van der Waals surface area contributed by atoms with Gasteiger partial charge in [0.05, 0.1) is 11.2 Å². The van der Waals surface area contributed by atoms with Gasteiger partial charge in [0.2, 0.25) is 0 Å². The van der Waals surface area contributed by atoms with Crippen molar-refractivity contribution in [3.63, 3.8) is 0 Å². The highest BCUT2D eigenvalue weighted by Crippen LogP contribution is 2.36. The summed E-state index contributed by atoms with van der Waals surface area (Å²) in [7, 11) is 1.87. The van der Waals surface area contributed by atoms with Crippen LogP contribution < -0.4 is 5.32 Å². The summed E-state index contributed by atoms with van der Waals surface area (Å²) in [6, 6.07) is 10.3. The molecule has 4 heterocycles. The molecule has 1 fully saturated rings. The van der Waals surface area contributed by atoms with Gasteiger partial charge in [-0.3, -0.25) is 9.48 Å². The van der Waals surface area contributed by atoms with Crippen molar-refractivity contribution in [2.45, 2.75) is 31.8 Å². The summed E-state index contributed by atoms with van der Waals surface area (Å²) in [5, 5.41) is 8.12. The molecule has 5 rings (SSSR count). The normalized spacial score (nSPS) is 17.9. The van der Waals surface area contributed by atoms with Crippen molar-refractivity contribution in [3.05, 3.63) is 65.5 Å². The zero-order valence-electron chi connectivity index (χ0n) is 16.2. The first-order chi connectivity index (χ1) is 13.6. The minimum atomic E-state index is -0.223. The zero-order valence-corrected chi connectivity index (χ0v) is 16.2. The Morgan fingerprint density at radius 1 is 1.21 bits per heavy atom. The Balaban J connectivity index is 1.41. The van der Waals surface area contributed by atoms with E-state index in [1.54, 1.807) is 4.68 Å². The Hall–Kier alpha value is -2.93. The standard InChI is InChI=1S/C21H24N6O/c1-15-13-17(24-25(15)2)19(28)26-10-7-21(8-11-26)20-22-9-12-27(20)18-6-4-3-5-16(18)14-23-21/h3-6,9,12-13,23H,7-8,10-11,14H2,1-2H3. The lowest BCUT2D eigenvalue weighted by atomic mass is 9.86. The van der Waals surface area contributed by atoms with Crippen LogP contribution in [-0.2, 0) is 19.1 Å². The molecule has 2 aliphatic rings. The number of para-hydroxylation sites is 1. The molecule has 0 aliphatic carbocycles. The van der Waals surface area contributed by atoms with Gasteiger partial charge in [0, 0.05) is 44.8 Å². The molecule has 2 aliphatic heterocycles. The molecular formula is C21H24N6O. The smallest absolute Gasteiger partial charge is 0.274 e. The van der Waals surface area contributed by atoms with Crippen LogP contribution in [0.25, 0.3) is 5.69 Å². The Kier molecular flexibility index (Phi) is 3.87. The number of fused-ring (bicyclic) bond motifs is 4. The number of rotatable bonds is 1. The number of aryl methyl sites for hydroxylation is 2. The van der Waals surface area contributed by atoms with E-state index in [4.69, 9.17) is 4.98 Å². The number of piperidine rings is 1. The van der Waals surface area contributed by atoms with Gasteiger partial charge in [-0.2, -0.15) is 5.10 Å². The number of hydrogen-bond acceptors (Lipinski definition) is 4. The summed E-state index contributed by atoms with van der Waals surface area (Å²) in [5.41, 5.74) is 3.74. The van der Waals surface area contributed by atoms with Crippen LogP contribution in [0.3, 0.4) is 0 Å². The highest BCUT2D eigenvalue weighted by molar-refractivity contribution is 5.92. The largest absolute Gasteiger partial charge is 0.337 e. The molecule has 3 aromatic rings. The number of aromatic nitrogens is 4. The SMILES string of the molecule is Cc1cc(C(=O)N2CCC3(CC2)NCc2ccccc2-n2ccnc23)nn1C. The molecule has 0 unspecified atom stereocenters. The summed E-state index contributed by atoms with van der Waals surface area (Å²) in [5.74, 6) is 1.05. The highest BCUT2D eigenvalue weighted by atomic mass is 16.2. The summed E-state index contributed by atoms with van der Waals surface area (Å²) >= 11 is 0. The van der Waals surface area contributed by atoms with Crippen molar-refractivity contribution in [3.8, 4) is 5.69 Å². The third-order valence-electron chi connectivity index (χ3n) is 6.17. The predicted octanol–water partition coefficient (Wildman–Crippen LogP) is 2.15. The molecule has 144 valence electrons. The van der Waals surface area contributed by atoms with Gasteiger partial charge in [0.1, 0.15) is 5.82 Å². The maximum atomic E-state index is 12.9. The number of likely N-dealkylation sites (tertiary alicyclic amines) is 1. The van der Waals surface area contributed by atoms with Crippen molar-refractivity contribution in [1.29, 1.82) is 0 Å². The number of carbonyl (C=O) groups is 1. The second-order valence-corrected chi connectivity index (χ2v) is 7.77. The highest BCUT2D eigenvalue weighted by Gasteiger charge is 2.42.